The number of hydrogen-bond acceptors (Lipinski definition) is 31. The number of fused-ring (bicyclic) bond motifs is 1. The number of aliphatic hydroxyl groups is 1. The Hall–Kier alpha value is -4.99. The average molecular weight is 1800 g/mol. The minimum absolute atomic E-state index is 0.00359. The molecule has 31 nitrogen and oxygen atoms in total. The number of imide groups is 1. The molecule has 0 bridgehead atoms. The van der Waals surface area contributed by atoms with Crippen LogP contribution in [0.15, 0.2) is 54.6 Å². The van der Waals surface area contributed by atoms with Crippen LogP contribution in [0.25, 0.3) is 0 Å². The first-order chi connectivity index (χ1) is 60.0. The Labute approximate surface area is 750 Å². The second-order valence-corrected chi connectivity index (χ2v) is 38.1. The van der Waals surface area contributed by atoms with Gasteiger partial charge in [0.1, 0.15) is 80.2 Å². The third kappa shape index (κ3) is 24.7. The van der Waals surface area contributed by atoms with Gasteiger partial charge in [-0.2, -0.15) is 0 Å². The number of rotatable bonds is 35. The summed E-state index contributed by atoms with van der Waals surface area (Å²) in [5, 5.41) is 11.5. The van der Waals surface area contributed by atoms with Crippen LogP contribution in [-0.2, 0) is 135 Å². The number of aliphatic hydroxyl groups excluding tert-OH is 1. The highest BCUT2D eigenvalue weighted by atomic mass is 32.2. The first-order valence-electron chi connectivity index (χ1n) is 45.5. The van der Waals surface area contributed by atoms with Gasteiger partial charge >= 0.3 is 23.9 Å². The third-order valence-corrected chi connectivity index (χ3v) is 29.8. The predicted octanol–water partition coefficient (Wildman–Crippen LogP) is 10.9. The van der Waals surface area contributed by atoms with Crippen LogP contribution in [0.4, 0.5) is 0 Å². The van der Waals surface area contributed by atoms with E-state index >= 15 is 0 Å². The number of methoxy groups -OCH3 is 5. The van der Waals surface area contributed by atoms with Crippen molar-refractivity contribution in [2.45, 2.75) is 304 Å². The molecule has 8 saturated heterocycles. The van der Waals surface area contributed by atoms with Crippen molar-refractivity contribution in [3.63, 3.8) is 0 Å². The predicted molar refractivity (Wildman–Crippen MR) is 460 cm³/mol. The summed E-state index contributed by atoms with van der Waals surface area (Å²) in [4.78, 5) is 75.4. The summed E-state index contributed by atoms with van der Waals surface area (Å²) in [6, 6.07) is 16.8. The van der Waals surface area contributed by atoms with Crippen LogP contribution in [-0.4, -0.2) is 293 Å². The van der Waals surface area contributed by atoms with Crippen molar-refractivity contribution < 1.29 is 143 Å². The van der Waals surface area contributed by atoms with E-state index < -0.39 is 146 Å². The van der Waals surface area contributed by atoms with E-state index in [2.05, 4.69) is 76.2 Å². The van der Waals surface area contributed by atoms with Gasteiger partial charge in [-0.05, 0) is 90.1 Å². The second-order valence-electron chi connectivity index (χ2n) is 36.7. The van der Waals surface area contributed by atoms with Gasteiger partial charge in [-0.3, -0.25) is 33.7 Å². The van der Waals surface area contributed by atoms with Crippen LogP contribution < -0.4 is 0 Å². The van der Waals surface area contributed by atoms with E-state index in [4.69, 9.17) is 109 Å². The maximum Gasteiger partial charge on any atom is 0.303 e. The fourth-order valence-corrected chi connectivity index (χ4v) is 20.8. The van der Waals surface area contributed by atoms with Gasteiger partial charge in [-0.1, -0.05) is 146 Å². The van der Waals surface area contributed by atoms with Crippen molar-refractivity contribution in [1.29, 1.82) is 0 Å². The lowest BCUT2D eigenvalue weighted by Gasteiger charge is -2.52. The van der Waals surface area contributed by atoms with Crippen molar-refractivity contribution in [3.05, 3.63) is 71.3 Å². The number of amides is 2. The number of benzene rings is 2. The van der Waals surface area contributed by atoms with Crippen molar-refractivity contribution in [2.75, 3.05) is 94.1 Å². The SMILES string of the molecule is CCS[C@@H]1OC(COC(C)=O)[C@@H](C[C@H]2OC(COC(C)=O)[C@@H](O[C@H]3OC(COC(C)=O)[C@@H](C)[C@H](C)C3C)[C@H](C)C2C)[C@H](C)C1OC(C)=O.COCC1O[C@@H](O[C@H]2C(C)C(C)[C@@H](O[C@H]3C(C)C(OC)[C@H](O[C@@H]4C(COCc5ccccc5)O[C@@H](C)C(C)[C@H]4C)O[C@H]3COC)O[C@H]2COC)C(OC)[C@@H](C)[C@@H]1O[C@H]1OC(CN2C(=O)c3ccccc3C2=O)[C@@H](O)[C@H](C)C1C. The van der Waals surface area contributed by atoms with Crippen LogP contribution in [0.1, 0.15) is 171 Å². The summed E-state index contributed by atoms with van der Waals surface area (Å²) in [6.45, 7) is 40.2. The minimum Gasteiger partial charge on any atom is -0.463 e. The number of esters is 4. The smallest absolute Gasteiger partial charge is 0.303 e. The summed E-state index contributed by atoms with van der Waals surface area (Å²) in [7, 11) is 8.14. The largest absolute Gasteiger partial charge is 0.463 e. The molecule has 0 aliphatic carbocycles. The zero-order chi connectivity index (χ0) is 92.0. The fourth-order valence-electron chi connectivity index (χ4n) is 19.8. The normalized spacial score (nSPS) is 41.4. The summed E-state index contributed by atoms with van der Waals surface area (Å²) in [6.07, 6.45) is -13.0. The molecule has 0 radical (unpaired) electrons. The highest BCUT2D eigenvalue weighted by Gasteiger charge is 2.58. The number of ether oxygens (including phenoxy) is 23. The van der Waals surface area contributed by atoms with Crippen LogP contribution in [0.2, 0.25) is 0 Å². The lowest BCUT2D eigenvalue weighted by molar-refractivity contribution is -0.376. The second kappa shape index (κ2) is 47.6. The van der Waals surface area contributed by atoms with Gasteiger partial charge in [-0.25, -0.2) is 0 Å². The summed E-state index contributed by atoms with van der Waals surface area (Å²) < 4.78 is 146. The van der Waals surface area contributed by atoms with Crippen LogP contribution in [0.3, 0.4) is 0 Å². The Kier molecular flexibility index (Phi) is 38.9. The van der Waals surface area contributed by atoms with E-state index in [1.165, 1.54) is 27.7 Å². The van der Waals surface area contributed by atoms with Gasteiger partial charge in [0, 0.05) is 98.8 Å². The molecule has 0 spiro atoms. The van der Waals surface area contributed by atoms with Gasteiger partial charge in [-0.15, -0.1) is 11.8 Å². The molecule has 32 heteroatoms. The van der Waals surface area contributed by atoms with E-state index in [-0.39, 0.29) is 177 Å². The summed E-state index contributed by atoms with van der Waals surface area (Å²) in [5.41, 5.74) is 1.33. The van der Waals surface area contributed by atoms with E-state index in [1.807, 2.05) is 65.0 Å². The zero-order valence-electron chi connectivity index (χ0n) is 78.7. The molecule has 8 fully saturated rings. The molecule has 9 aliphatic rings. The Morgan fingerprint density at radius 1 is 0.373 bits per heavy atom. The zero-order valence-corrected chi connectivity index (χ0v) is 79.5. The number of thioether (sulfide) groups is 1. The Morgan fingerprint density at radius 2 is 0.770 bits per heavy atom. The first-order valence-corrected chi connectivity index (χ1v) is 46.5. The molecule has 2 amide bonds. The van der Waals surface area contributed by atoms with Gasteiger partial charge in [0.2, 0.25) is 0 Å². The molecule has 9 heterocycles. The molecule has 0 saturated carbocycles. The number of hydrogen-bond donors (Lipinski definition) is 1. The van der Waals surface area contributed by atoms with Crippen molar-refractivity contribution in [2.24, 2.45) is 88.8 Å². The molecular weight excluding hydrogens is 1660 g/mol. The van der Waals surface area contributed by atoms with E-state index in [0.717, 1.165) is 16.2 Å². The molecule has 2 aromatic carbocycles. The van der Waals surface area contributed by atoms with Gasteiger partial charge in [0.25, 0.3) is 11.8 Å². The Balaban J connectivity index is 0.000000296. The summed E-state index contributed by atoms with van der Waals surface area (Å²) in [5.74, 6) is -2.78. The molecule has 40 atom stereocenters. The third-order valence-electron chi connectivity index (χ3n) is 28.7. The average Bonchev–Trinajstić information content (AvgIpc) is 0.919. The Bertz CT molecular complexity index is 3700. The van der Waals surface area contributed by atoms with Gasteiger partial charge in [0.05, 0.1) is 112 Å². The molecule has 9 aliphatic heterocycles. The highest BCUT2D eigenvalue weighted by Crippen LogP contribution is 2.48. The highest BCUT2D eigenvalue weighted by molar-refractivity contribution is 7.99. The molecule has 2 aromatic rings. The van der Waals surface area contributed by atoms with Crippen molar-refractivity contribution in [3.8, 4) is 0 Å². The lowest BCUT2D eigenvalue weighted by atomic mass is 9.73. The van der Waals surface area contributed by atoms with Gasteiger partial charge in [0.15, 0.2) is 31.5 Å². The molecule has 1 N–H and O–H groups in total. The quantitative estimate of drug-likeness (QED) is 0.0380. The molecule has 11 rings (SSSR count). The first kappa shape index (κ1) is 103. The van der Waals surface area contributed by atoms with Crippen LogP contribution in [0.5, 0.6) is 0 Å². The molecular formula is C94H147NO30S. The lowest BCUT2D eigenvalue weighted by Crippen LogP contribution is -2.63. The van der Waals surface area contributed by atoms with E-state index in [9.17, 15) is 33.9 Å². The van der Waals surface area contributed by atoms with E-state index in [0.29, 0.717) is 30.8 Å². The molecule has 714 valence electrons. The minimum atomic E-state index is -0.972. The maximum atomic E-state index is 13.4. The number of carbonyl (C=O) groups is 6. The van der Waals surface area contributed by atoms with Crippen LogP contribution in [0, 0.1) is 88.8 Å². The standard InChI is InChI=1S/C59H89NO18.C35H58O12S/c1-30-32(3)48(46(70-38(30)9)29-69-25-39-20-16-15-17-21-39)77-58-52(67-13)37(8)51(45(73-58)28-66-12)76-57-35(6)33(4)49(43(72-57)26-64-10)78-59-53(68-14)36(7)50(44(74-59)27-65-11)75-56-34(5)31(2)47(61)42(71-56)24-60-54(62)40-22-18-19-23-41(40)55(60)63;1-12-48-35-33(43-26(11)39)22(7)27(30(46-35)15-41-24(9)37)13-28-19(4)20(5)32(31(44-28)16-42-25(10)38)47-34-21(6)17(2)18(3)29(45-34)14-40-23(8)36/h15-23,30-38,42-53,56-59,61H,24-29H2,1-14H3;17-22,27-35H,12-16H2,1-11H3/t30?,31-,32-,33?,34?,35?,36+,37?,38+,42?,43+,44?,45+,46?,47+,48+,49+,50+,51+,52?,53?,56-,57-,58+,59+;17-,18-,19?,20+,21?,22-,27-,28+,29?,30?,31?,32-,33?,34+,35-/m10/s1. The topological polar surface area (TPSA) is 338 Å². The maximum absolute atomic E-state index is 13.4. The molecule has 126 heavy (non-hydrogen) atoms. The Morgan fingerprint density at radius 3 is 1.25 bits per heavy atom. The number of nitrogens with zero attached hydrogens (tertiary/aromatic N) is 1. The summed E-state index contributed by atoms with van der Waals surface area (Å²) >= 11 is 1.55. The fraction of sp³-hybridized carbons (Fsp3) is 0.809. The van der Waals surface area contributed by atoms with Gasteiger partial charge < -0.3 is 114 Å². The molecule has 16 unspecified atom stereocenters. The monoisotopic (exact) mass is 1800 g/mol. The van der Waals surface area contributed by atoms with Crippen LogP contribution >= 0.6 is 11.8 Å². The molecule has 0 aromatic heterocycles. The van der Waals surface area contributed by atoms with E-state index in [1.54, 1.807) is 71.6 Å². The van der Waals surface area contributed by atoms with Crippen molar-refractivity contribution in [1.82, 2.24) is 4.90 Å². The van der Waals surface area contributed by atoms with Crippen molar-refractivity contribution >= 4 is 47.5 Å². The number of carbonyl (C=O) groups excluding carboxylic acids is 6.